The summed E-state index contributed by atoms with van der Waals surface area (Å²) in [6.07, 6.45) is 4.81. The van der Waals surface area contributed by atoms with Crippen LogP contribution in [0.5, 0.6) is 0 Å². The van der Waals surface area contributed by atoms with E-state index < -0.39 is 0 Å². The van der Waals surface area contributed by atoms with Crippen LogP contribution in [0.2, 0.25) is 0 Å². The molecule has 4 unspecified atom stereocenters. The van der Waals surface area contributed by atoms with Crippen LogP contribution in [0, 0.1) is 11.8 Å². The van der Waals surface area contributed by atoms with E-state index in [4.69, 9.17) is 5.73 Å². The molecule has 1 rings (SSSR count). The predicted molar refractivity (Wildman–Crippen MR) is 67.0 cm³/mol. The van der Waals surface area contributed by atoms with Gasteiger partial charge in [0.15, 0.2) is 0 Å². The van der Waals surface area contributed by atoms with Gasteiger partial charge < -0.3 is 11.1 Å². The third-order valence-corrected chi connectivity index (χ3v) is 3.92. The van der Waals surface area contributed by atoms with Gasteiger partial charge in [-0.1, -0.05) is 27.2 Å². The lowest BCUT2D eigenvalue weighted by Gasteiger charge is -2.20. The number of nitrogens with one attached hydrogen (secondary N) is 1. The maximum atomic E-state index is 11.7. The first kappa shape index (κ1) is 13.5. The summed E-state index contributed by atoms with van der Waals surface area (Å²) in [6, 6.07) is 0.399. The molecule has 0 aromatic heterocycles. The van der Waals surface area contributed by atoms with Crippen molar-refractivity contribution >= 4 is 5.91 Å². The van der Waals surface area contributed by atoms with E-state index in [1.807, 2.05) is 0 Å². The molecule has 0 saturated heterocycles. The summed E-state index contributed by atoms with van der Waals surface area (Å²) >= 11 is 0. The second-order valence-electron chi connectivity index (χ2n) is 5.34. The van der Waals surface area contributed by atoms with Gasteiger partial charge in [-0.25, -0.2) is 0 Å². The largest absolute Gasteiger partial charge is 0.353 e. The van der Waals surface area contributed by atoms with Crippen molar-refractivity contribution in [2.24, 2.45) is 17.6 Å². The van der Waals surface area contributed by atoms with E-state index in [2.05, 4.69) is 26.1 Å². The molecule has 3 N–H and O–H groups in total. The molecule has 0 aromatic carbocycles. The molecular weight excluding hydrogens is 200 g/mol. The molecule has 4 atom stereocenters. The third kappa shape index (κ3) is 3.78. The molecule has 1 saturated carbocycles. The van der Waals surface area contributed by atoms with Crippen molar-refractivity contribution in [3.8, 4) is 0 Å². The highest BCUT2D eigenvalue weighted by Gasteiger charge is 2.30. The Kier molecular flexibility index (Phi) is 5.26. The Morgan fingerprint density at radius 1 is 1.44 bits per heavy atom. The molecule has 3 heteroatoms. The number of carbonyl (C=O) groups is 1. The van der Waals surface area contributed by atoms with E-state index in [0.717, 1.165) is 25.2 Å². The van der Waals surface area contributed by atoms with Crippen molar-refractivity contribution in [3.63, 3.8) is 0 Å². The van der Waals surface area contributed by atoms with Gasteiger partial charge in [0.2, 0.25) is 5.91 Å². The van der Waals surface area contributed by atoms with Crippen molar-refractivity contribution < 1.29 is 4.79 Å². The molecule has 1 aliphatic rings. The molecule has 94 valence electrons. The molecule has 3 nitrogen and oxygen atoms in total. The highest BCUT2D eigenvalue weighted by molar-refractivity contribution is 5.76. The second kappa shape index (κ2) is 6.24. The summed E-state index contributed by atoms with van der Waals surface area (Å²) in [4.78, 5) is 11.7. The summed E-state index contributed by atoms with van der Waals surface area (Å²) in [5, 5.41) is 3.13. The fourth-order valence-corrected chi connectivity index (χ4v) is 2.55. The van der Waals surface area contributed by atoms with Crippen LogP contribution in [-0.2, 0) is 4.79 Å². The monoisotopic (exact) mass is 226 g/mol. The zero-order chi connectivity index (χ0) is 12.1. The first-order valence-electron chi connectivity index (χ1n) is 6.59. The van der Waals surface area contributed by atoms with Crippen molar-refractivity contribution in [1.82, 2.24) is 5.32 Å². The minimum absolute atomic E-state index is 0.0270. The lowest BCUT2D eigenvalue weighted by molar-refractivity contribution is -0.122. The molecule has 0 spiro atoms. The van der Waals surface area contributed by atoms with Gasteiger partial charge in [0, 0.05) is 18.5 Å². The molecule has 0 aromatic rings. The van der Waals surface area contributed by atoms with Gasteiger partial charge in [0.05, 0.1) is 0 Å². The van der Waals surface area contributed by atoms with Crippen LogP contribution < -0.4 is 11.1 Å². The molecule has 16 heavy (non-hydrogen) atoms. The summed E-state index contributed by atoms with van der Waals surface area (Å²) < 4.78 is 0. The Morgan fingerprint density at radius 3 is 2.62 bits per heavy atom. The number of rotatable bonds is 5. The van der Waals surface area contributed by atoms with E-state index in [1.165, 1.54) is 6.42 Å². The minimum atomic E-state index is 0.0270. The van der Waals surface area contributed by atoms with Gasteiger partial charge in [-0.05, 0) is 31.1 Å². The average Bonchev–Trinajstić information content (AvgIpc) is 2.50. The second-order valence-corrected chi connectivity index (χ2v) is 5.34. The lowest BCUT2D eigenvalue weighted by Crippen LogP contribution is -2.40. The lowest BCUT2D eigenvalue weighted by atomic mass is 9.97. The summed E-state index contributed by atoms with van der Waals surface area (Å²) in [6.45, 7) is 6.59. The summed E-state index contributed by atoms with van der Waals surface area (Å²) in [5.41, 5.74) is 5.86. The minimum Gasteiger partial charge on any atom is -0.353 e. The van der Waals surface area contributed by atoms with Gasteiger partial charge in [-0.15, -0.1) is 0 Å². The topological polar surface area (TPSA) is 55.1 Å². The number of carbonyl (C=O) groups excluding carboxylic acids is 1. The SMILES string of the molecule is CCCC(N)CC(=O)NC1CCC(C)C1C. The van der Waals surface area contributed by atoms with Gasteiger partial charge in [-0.2, -0.15) is 0 Å². The van der Waals surface area contributed by atoms with E-state index >= 15 is 0 Å². The Morgan fingerprint density at radius 2 is 2.12 bits per heavy atom. The van der Waals surface area contributed by atoms with Crippen molar-refractivity contribution in [3.05, 3.63) is 0 Å². The van der Waals surface area contributed by atoms with E-state index in [-0.39, 0.29) is 11.9 Å². The molecule has 0 radical (unpaired) electrons. The number of nitrogens with two attached hydrogens (primary N) is 1. The number of amides is 1. The molecule has 1 fully saturated rings. The van der Waals surface area contributed by atoms with E-state index in [0.29, 0.717) is 18.4 Å². The maximum absolute atomic E-state index is 11.7. The Labute approximate surface area is 99.2 Å². The van der Waals surface area contributed by atoms with E-state index in [9.17, 15) is 4.79 Å². The zero-order valence-electron chi connectivity index (χ0n) is 10.8. The van der Waals surface area contributed by atoms with Gasteiger partial charge in [-0.3, -0.25) is 4.79 Å². The average molecular weight is 226 g/mol. The molecule has 0 aliphatic heterocycles. The zero-order valence-corrected chi connectivity index (χ0v) is 10.8. The standard InChI is InChI=1S/C13H26N2O/c1-4-5-11(14)8-13(16)15-12-7-6-9(2)10(12)3/h9-12H,4-8,14H2,1-3H3,(H,15,16). The van der Waals surface area contributed by atoms with Crippen LogP contribution in [0.1, 0.15) is 52.9 Å². The Bertz CT molecular complexity index is 230. The Hall–Kier alpha value is -0.570. The summed E-state index contributed by atoms with van der Waals surface area (Å²) in [7, 11) is 0. The van der Waals surface area contributed by atoms with Crippen molar-refractivity contribution in [1.29, 1.82) is 0 Å². The van der Waals surface area contributed by atoms with Crippen LogP contribution in [-0.4, -0.2) is 18.0 Å². The number of hydrogen-bond donors (Lipinski definition) is 2. The predicted octanol–water partition coefficient (Wildman–Crippen LogP) is 2.05. The summed E-state index contributed by atoms with van der Waals surface area (Å²) in [5.74, 6) is 1.47. The van der Waals surface area contributed by atoms with Crippen LogP contribution >= 0.6 is 0 Å². The molecule has 1 amide bonds. The third-order valence-electron chi connectivity index (χ3n) is 3.92. The van der Waals surface area contributed by atoms with Gasteiger partial charge in [0.25, 0.3) is 0 Å². The van der Waals surface area contributed by atoms with E-state index in [1.54, 1.807) is 0 Å². The highest BCUT2D eigenvalue weighted by Crippen LogP contribution is 2.31. The molecule has 1 aliphatic carbocycles. The molecule has 0 heterocycles. The molecular formula is C13H26N2O. The fraction of sp³-hybridized carbons (Fsp3) is 0.923. The molecule has 0 bridgehead atoms. The van der Waals surface area contributed by atoms with Crippen LogP contribution in [0.4, 0.5) is 0 Å². The van der Waals surface area contributed by atoms with Crippen LogP contribution in [0.15, 0.2) is 0 Å². The fourth-order valence-electron chi connectivity index (χ4n) is 2.55. The maximum Gasteiger partial charge on any atom is 0.221 e. The van der Waals surface area contributed by atoms with Crippen molar-refractivity contribution in [2.75, 3.05) is 0 Å². The Balaban J connectivity index is 2.29. The number of hydrogen-bond acceptors (Lipinski definition) is 2. The smallest absolute Gasteiger partial charge is 0.221 e. The highest BCUT2D eigenvalue weighted by atomic mass is 16.1. The van der Waals surface area contributed by atoms with Gasteiger partial charge in [0.1, 0.15) is 0 Å². The quantitative estimate of drug-likeness (QED) is 0.754. The normalized spacial score (nSPS) is 31.4. The van der Waals surface area contributed by atoms with Crippen molar-refractivity contribution in [2.45, 2.75) is 65.0 Å². The van der Waals surface area contributed by atoms with Gasteiger partial charge >= 0.3 is 0 Å². The first-order chi connectivity index (χ1) is 7.54. The van der Waals surface area contributed by atoms with Crippen LogP contribution in [0.3, 0.4) is 0 Å². The van der Waals surface area contributed by atoms with Crippen LogP contribution in [0.25, 0.3) is 0 Å². The first-order valence-corrected chi connectivity index (χ1v) is 6.59.